The Hall–Kier alpha value is -1.43. The Bertz CT molecular complexity index is 772. The van der Waals surface area contributed by atoms with Crippen LogP contribution >= 0.6 is 23.4 Å². The number of aryl methyl sites for hydroxylation is 1. The Balaban J connectivity index is 2.01. The summed E-state index contributed by atoms with van der Waals surface area (Å²) in [5.74, 6) is -0.760. The molecule has 6 heteroatoms. The highest BCUT2D eigenvalue weighted by atomic mass is 35.5. The summed E-state index contributed by atoms with van der Waals surface area (Å²) in [7, 11) is 0. The van der Waals surface area contributed by atoms with E-state index in [1.54, 1.807) is 0 Å². The van der Waals surface area contributed by atoms with Crippen molar-refractivity contribution in [2.24, 2.45) is 0 Å². The molecule has 0 bridgehead atoms. The molecule has 1 aliphatic rings. The number of carboxylic acid groups (broad SMARTS) is 1. The summed E-state index contributed by atoms with van der Waals surface area (Å²) >= 11 is 7.72. The zero-order valence-electron chi connectivity index (χ0n) is 13.3. The first-order chi connectivity index (χ1) is 10.9. The van der Waals surface area contributed by atoms with E-state index in [1.807, 2.05) is 19.1 Å². The summed E-state index contributed by atoms with van der Waals surface area (Å²) in [5, 5.41) is 12.8. The van der Waals surface area contributed by atoms with Gasteiger partial charge in [-0.1, -0.05) is 17.7 Å². The summed E-state index contributed by atoms with van der Waals surface area (Å²) in [6.45, 7) is 6.63. The predicted octanol–water partition coefficient (Wildman–Crippen LogP) is 3.84. The number of aromatic nitrogens is 1. The van der Waals surface area contributed by atoms with Crippen molar-refractivity contribution in [1.82, 2.24) is 9.88 Å². The highest BCUT2D eigenvalue weighted by molar-refractivity contribution is 8.01. The minimum absolute atomic E-state index is 0.00976. The van der Waals surface area contributed by atoms with Crippen molar-refractivity contribution in [2.75, 3.05) is 6.54 Å². The van der Waals surface area contributed by atoms with Gasteiger partial charge in [0.2, 0.25) is 0 Å². The van der Waals surface area contributed by atoms with Crippen molar-refractivity contribution in [2.45, 2.75) is 31.4 Å². The van der Waals surface area contributed by atoms with E-state index in [0.717, 1.165) is 33.2 Å². The van der Waals surface area contributed by atoms with Gasteiger partial charge in [-0.15, -0.1) is 11.8 Å². The first-order valence-electron chi connectivity index (χ1n) is 7.46. The van der Waals surface area contributed by atoms with Crippen LogP contribution < -0.4 is 5.32 Å². The molecule has 2 heterocycles. The number of aliphatic carboxylic acids is 1. The normalized spacial score (nSPS) is 20.9. The largest absolute Gasteiger partial charge is 0.480 e. The van der Waals surface area contributed by atoms with Crippen LogP contribution in [0.25, 0.3) is 5.69 Å². The summed E-state index contributed by atoms with van der Waals surface area (Å²) in [6.07, 6.45) is 0. The number of rotatable bonds is 3. The number of carbonyl (C=O) groups is 1. The summed E-state index contributed by atoms with van der Waals surface area (Å²) in [5.41, 5.74) is 5.47. The molecule has 0 amide bonds. The van der Waals surface area contributed by atoms with Crippen molar-refractivity contribution in [3.05, 3.63) is 51.8 Å². The molecule has 0 spiro atoms. The molecule has 3 rings (SSSR count). The van der Waals surface area contributed by atoms with Gasteiger partial charge in [0.15, 0.2) is 0 Å². The molecule has 1 aromatic heterocycles. The van der Waals surface area contributed by atoms with Crippen LogP contribution in [-0.4, -0.2) is 27.4 Å². The van der Waals surface area contributed by atoms with Gasteiger partial charge in [0.25, 0.3) is 0 Å². The molecule has 1 fully saturated rings. The van der Waals surface area contributed by atoms with Crippen LogP contribution in [0.1, 0.15) is 27.9 Å². The smallest absolute Gasteiger partial charge is 0.318 e. The van der Waals surface area contributed by atoms with Crippen LogP contribution in [0.5, 0.6) is 0 Å². The molecule has 1 aromatic carbocycles. The van der Waals surface area contributed by atoms with Crippen LogP contribution in [0.2, 0.25) is 5.02 Å². The number of halogens is 1. The van der Waals surface area contributed by atoms with E-state index >= 15 is 0 Å². The lowest BCUT2D eigenvalue weighted by Gasteiger charge is -2.15. The Morgan fingerprint density at radius 2 is 2.13 bits per heavy atom. The molecule has 122 valence electrons. The van der Waals surface area contributed by atoms with Crippen LogP contribution in [0.15, 0.2) is 24.3 Å². The highest BCUT2D eigenvalue weighted by Gasteiger charge is 2.32. The third-order valence-corrected chi connectivity index (χ3v) is 6.10. The average Bonchev–Trinajstić information content (AvgIpc) is 3.08. The summed E-state index contributed by atoms with van der Waals surface area (Å²) in [4.78, 5) is 11.2. The Morgan fingerprint density at radius 3 is 2.78 bits per heavy atom. The number of nitrogens with one attached hydrogen (secondary N) is 1. The quantitative estimate of drug-likeness (QED) is 0.883. The lowest BCUT2D eigenvalue weighted by molar-refractivity contribution is -0.136. The maximum absolute atomic E-state index is 11.2. The van der Waals surface area contributed by atoms with Gasteiger partial charge in [0.05, 0.1) is 5.37 Å². The minimum atomic E-state index is -0.760. The molecule has 2 N–H and O–H groups in total. The monoisotopic (exact) mass is 350 g/mol. The van der Waals surface area contributed by atoms with E-state index < -0.39 is 11.2 Å². The maximum atomic E-state index is 11.2. The molecule has 0 aliphatic carbocycles. The van der Waals surface area contributed by atoms with Crippen molar-refractivity contribution >= 4 is 29.3 Å². The SMILES string of the molecule is Cc1c(Cl)cccc1-n1c(C)cc([C@H]2NC[C@@H](C(=O)O)S2)c1C. The lowest BCUT2D eigenvalue weighted by atomic mass is 10.2. The van der Waals surface area contributed by atoms with E-state index in [-0.39, 0.29) is 5.37 Å². The fraction of sp³-hybridized carbons (Fsp3) is 0.353. The molecule has 0 unspecified atom stereocenters. The first-order valence-corrected chi connectivity index (χ1v) is 8.78. The first kappa shape index (κ1) is 16.4. The Kier molecular flexibility index (Phi) is 4.45. The van der Waals surface area contributed by atoms with Gasteiger partial charge in [-0.3, -0.25) is 10.1 Å². The molecule has 4 nitrogen and oxygen atoms in total. The second-order valence-corrected chi connectivity index (χ2v) is 7.52. The van der Waals surface area contributed by atoms with Crippen LogP contribution in [0.4, 0.5) is 0 Å². The van der Waals surface area contributed by atoms with E-state index in [2.05, 4.69) is 35.9 Å². The van der Waals surface area contributed by atoms with Crippen LogP contribution in [0.3, 0.4) is 0 Å². The topological polar surface area (TPSA) is 54.3 Å². The van der Waals surface area contributed by atoms with Gasteiger partial charge in [-0.25, -0.2) is 0 Å². The van der Waals surface area contributed by atoms with Crippen molar-refractivity contribution in [3.8, 4) is 5.69 Å². The maximum Gasteiger partial charge on any atom is 0.318 e. The number of benzene rings is 1. The zero-order valence-corrected chi connectivity index (χ0v) is 14.8. The molecule has 2 atom stereocenters. The fourth-order valence-electron chi connectivity index (χ4n) is 3.07. The van der Waals surface area contributed by atoms with Gasteiger partial charge < -0.3 is 9.67 Å². The minimum Gasteiger partial charge on any atom is -0.480 e. The van der Waals surface area contributed by atoms with Gasteiger partial charge >= 0.3 is 5.97 Å². The number of nitrogens with zero attached hydrogens (tertiary/aromatic N) is 1. The molecule has 1 aliphatic heterocycles. The summed E-state index contributed by atoms with van der Waals surface area (Å²) in [6, 6.07) is 8.03. The molecule has 1 saturated heterocycles. The third-order valence-electron chi connectivity index (χ3n) is 4.30. The Labute approximate surface area is 144 Å². The van der Waals surface area contributed by atoms with Crippen molar-refractivity contribution in [1.29, 1.82) is 0 Å². The number of hydrogen-bond donors (Lipinski definition) is 2. The predicted molar refractivity (Wildman–Crippen MR) is 94.7 cm³/mol. The number of hydrogen-bond acceptors (Lipinski definition) is 3. The third kappa shape index (κ3) is 2.89. The van der Waals surface area contributed by atoms with E-state index in [9.17, 15) is 9.90 Å². The zero-order chi connectivity index (χ0) is 16.7. The van der Waals surface area contributed by atoms with Crippen LogP contribution in [-0.2, 0) is 4.79 Å². The molecular weight excluding hydrogens is 332 g/mol. The second kappa shape index (κ2) is 6.23. The highest BCUT2D eigenvalue weighted by Crippen LogP contribution is 2.39. The molecule has 0 saturated carbocycles. The van der Waals surface area contributed by atoms with Gasteiger partial charge in [-0.2, -0.15) is 0 Å². The number of thioether (sulfide) groups is 1. The van der Waals surface area contributed by atoms with E-state index in [4.69, 9.17) is 11.6 Å². The fourth-order valence-corrected chi connectivity index (χ4v) is 4.45. The number of carboxylic acids is 1. The molecule has 23 heavy (non-hydrogen) atoms. The molecule has 0 radical (unpaired) electrons. The van der Waals surface area contributed by atoms with Gasteiger partial charge in [-0.05, 0) is 44.5 Å². The average molecular weight is 351 g/mol. The van der Waals surface area contributed by atoms with Crippen LogP contribution in [0, 0.1) is 20.8 Å². The van der Waals surface area contributed by atoms with Crippen molar-refractivity contribution < 1.29 is 9.90 Å². The lowest BCUT2D eigenvalue weighted by Crippen LogP contribution is -2.21. The summed E-state index contributed by atoms with van der Waals surface area (Å²) < 4.78 is 2.19. The van der Waals surface area contributed by atoms with E-state index in [1.165, 1.54) is 11.8 Å². The van der Waals surface area contributed by atoms with Crippen molar-refractivity contribution in [3.63, 3.8) is 0 Å². The Morgan fingerprint density at radius 1 is 1.39 bits per heavy atom. The molecular formula is C17H19ClN2O2S. The molecule has 2 aromatic rings. The van der Waals surface area contributed by atoms with E-state index in [0.29, 0.717) is 6.54 Å². The standard InChI is InChI=1S/C17H19ClN2O2S/c1-9-7-12(16-19-8-15(23-16)17(21)22)11(3)20(9)14-6-4-5-13(18)10(14)2/h4-7,15-16,19H,8H2,1-3H3,(H,21,22)/t15-,16-/m0/s1. The van der Waals surface area contributed by atoms with Gasteiger partial charge in [0.1, 0.15) is 5.25 Å². The second-order valence-electron chi connectivity index (χ2n) is 5.80. The van der Waals surface area contributed by atoms with Gasteiger partial charge in [0, 0.05) is 34.2 Å².